The molecule has 0 saturated carbocycles. The summed E-state index contributed by atoms with van der Waals surface area (Å²) in [4.78, 5) is 12.5. The van der Waals surface area contributed by atoms with Gasteiger partial charge in [0.2, 0.25) is 0 Å². The summed E-state index contributed by atoms with van der Waals surface area (Å²) in [7, 11) is 0. The lowest BCUT2D eigenvalue weighted by Crippen LogP contribution is -2.48. The highest BCUT2D eigenvalue weighted by molar-refractivity contribution is 6.30. The van der Waals surface area contributed by atoms with Crippen molar-refractivity contribution in [1.29, 1.82) is 0 Å². The third-order valence-corrected chi connectivity index (χ3v) is 6.37. The van der Waals surface area contributed by atoms with Crippen LogP contribution in [0, 0.1) is 5.92 Å². The number of amides is 1. The largest absolute Gasteiger partial charge is 0.488 e. The van der Waals surface area contributed by atoms with Crippen LogP contribution in [0.25, 0.3) is 0 Å². The van der Waals surface area contributed by atoms with Gasteiger partial charge in [0.1, 0.15) is 18.0 Å². The van der Waals surface area contributed by atoms with Gasteiger partial charge in [-0.05, 0) is 67.6 Å². The Morgan fingerprint density at radius 2 is 1.80 bits per heavy atom. The summed E-state index contributed by atoms with van der Waals surface area (Å²) in [6.45, 7) is 4.04. The number of ether oxygens (including phenoxy) is 1. The fraction of sp³-hybridized carbons (Fsp3) is 0.321. The Hall–Kier alpha value is -2.90. The lowest BCUT2D eigenvalue weighted by molar-refractivity contribution is -0.00319. The lowest BCUT2D eigenvalue weighted by atomic mass is 9.99. The number of nitrogens with zero attached hydrogens (tertiary/aromatic N) is 1. The molecule has 1 saturated heterocycles. The Labute approximate surface area is 211 Å². The van der Waals surface area contributed by atoms with E-state index in [4.69, 9.17) is 16.3 Å². The van der Waals surface area contributed by atoms with Gasteiger partial charge < -0.3 is 15.2 Å². The molecule has 1 heterocycles. The Morgan fingerprint density at radius 3 is 2.57 bits per heavy atom. The third-order valence-electron chi connectivity index (χ3n) is 6.12. The molecule has 184 valence electrons. The number of hydrazine groups is 1. The molecule has 35 heavy (non-hydrogen) atoms. The zero-order valence-electron chi connectivity index (χ0n) is 19.9. The molecule has 1 fully saturated rings. The topological polar surface area (TPSA) is 73.8 Å². The normalized spacial score (nSPS) is 17.6. The summed E-state index contributed by atoms with van der Waals surface area (Å²) in [5.74, 6) is 0.864. The fourth-order valence-electron chi connectivity index (χ4n) is 4.14. The van der Waals surface area contributed by atoms with E-state index in [9.17, 15) is 9.90 Å². The van der Waals surface area contributed by atoms with Crippen LogP contribution in [0.1, 0.15) is 29.3 Å². The molecule has 0 bridgehead atoms. The second kappa shape index (κ2) is 11.7. The van der Waals surface area contributed by atoms with Crippen molar-refractivity contribution in [2.75, 3.05) is 31.6 Å². The number of benzene rings is 3. The van der Waals surface area contributed by atoms with E-state index in [1.165, 1.54) is 5.56 Å². The first-order chi connectivity index (χ1) is 16.9. The van der Waals surface area contributed by atoms with Crippen LogP contribution < -0.4 is 15.5 Å². The molecule has 1 amide bonds. The molecule has 7 heteroatoms. The van der Waals surface area contributed by atoms with Gasteiger partial charge in [-0.25, -0.2) is 5.01 Å². The molecule has 1 aliphatic rings. The van der Waals surface area contributed by atoms with Crippen LogP contribution >= 0.6 is 11.6 Å². The summed E-state index contributed by atoms with van der Waals surface area (Å²) in [6, 6.07) is 24.3. The van der Waals surface area contributed by atoms with Gasteiger partial charge in [0, 0.05) is 30.2 Å². The van der Waals surface area contributed by atoms with Crippen molar-refractivity contribution >= 4 is 23.2 Å². The van der Waals surface area contributed by atoms with Crippen molar-refractivity contribution in [2.24, 2.45) is 5.92 Å². The first kappa shape index (κ1) is 25.2. The summed E-state index contributed by atoms with van der Waals surface area (Å²) in [5, 5.41) is 16.7. The minimum atomic E-state index is -1.09. The van der Waals surface area contributed by atoms with Gasteiger partial charge in [0.25, 0.3) is 5.91 Å². The van der Waals surface area contributed by atoms with Gasteiger partial charge in [0.05, 0.1) is 5.69 Å². The number of halogens is 1. The van der Waals surface area contributed by atoms with Gasteiger partial charge in [0.15, 0.2) is 0 Å². The van der Waals surface area contributed by atoms with Gasteiger partial charge in [-0.1, -0.05) is 54.1 Å². The zero-order chi connectivity index (χ0) is 24.7. The Morgan fingerprint density at radius 1 is 1.09 bits per heavy atom. The maximum Gasteiger partial charge on any atom is 0.255 e. The fourth-order valence-corrected chi connectivity index (χ4v) is 4.27. The molecule has 1 aliphatic heterocycles. The molecule has 0 aliphatic carbocycles. The molecule has 0 spiro atoms. The van der Waals surface area contributed by atoms with Crippen molar-refractivity contribution in [3.05, 3.63) is 95.0 Å². The van der Waals surface area contributed by atoms with Crippen molar-refractivity contribution < 1.29 is 14.6 Å². The molecule has 1 unspecified atom stereocenters. The minimum Gasteiger partial charge on any atom is -0.488 e. The highest BCUT2D eigenvalue weighted by atomic mass is 35.5. The van der Waals surface area contributed by atoms with Crippen LogP contribution in [-0.2, 0) is 6.42 Å². The Bertz CT molecular complexity index is 1110. The lowest BCUT2D eigenvalue weighted by Gasteiger charge is -2.28. The molecule has 0 aromatic heterocycles. The van der Waals surface area contributed by atoms with Crippen LogP contribution in [0.15, 0.2) is 78.9 Å². The average molecular weight is 494 g/mol. The second-order valence-electron chi connectivity index (χ2n) is 9.37. The molecule has 4 rings (SSSR count). The number of anilines is 1. The quantitative estimate of drug-likeness (QED) is 0.378. The summed E-state index contributed by atoms with van der Waals surface area (Å²) in [5.41, 5.74) is 4.70. The van der Waals surface area contributed by atoms with Crippen LogP contribution in [0.4, 0.5) is 5.69 Å². The molecule has 0 radical (unpaired) electrons. The maximum atomic E-state index is 12.5. The number of nitrogens with one attached hydrogen (secondary N) is 2. The highest BCUT2D eigenvalue weighted by Crippen LogP contribution is 2.26. The standard InChI is InChI=1S/C28H32ClN3O3/c1-28(34,19-30-32-16-15-22(18-32)17-21-11-13-24(29)14-12-21)20-35-26-10-6-5-9-25(26)31-27(33)23-7-3-2-4-8-23/h2-14,22,30,34H,15-20H2,1H3,(H,31,33)/t22-,28?/m0/s1. The highest BCUT2D eigenvalue weighted by Gasteiger charge is 2.27. The number of aliphatic hydroxyl groups is 1. The van der Waals surface area contributed by atoms with Gasteiger partial charge in [-0.15, -0.1) is 0 Å². The maximum absolute atomic E-state index is 12.5. The van der Waals surface area contributed by atoms with E-state index in [-0.39, 0.29) is 12.5 Å². The molecule has 3 aromatic carbocycles. The van der Waals surface area contributed by atoms with E-state index < -0.39 is 5.60 Å². The van der Waals surface area contributed by atoms with Gasteiger partial charge >= 0.3 is 0 Å². The number of hydrogen-bond acceptors (Lipinski definition) is 5. The SMILES string of the molecule is CC(O)(CNN1CC[C@@H](Cc2ccc(Cl)cc2)C1)COc1ccccc1NC(=O)c1ccccc1. The van der Waals surface area contributed by atoms with E-state index >= 15 is 0 Å². The monoisotopic (exact) mass is 493 g/mol. The summed E-state index contributed by atoms with van der Waals surface area (Å²) in [6.07, 6.45) is 2.11. The van der Waals surface area contributed by atoms with Gasteiger partial charge in [-0.3, -0.25) is 10.2 Å². The number of carbonyl (C=O) groups excluding carboxylic acids is 1. The Balaban J connectivity index is 1.25. The molecule has 2 atom stereocenters. The first-order valence-electron chi connectivity index (χ1n) is 11.9. The number of hydrogen-bond donors (Lipinski definition) is 3. The average Bonchev–Trinajstić information content (AvgIpc) is 3.32. The van der Waals surface area contributed by atoms with E-state index in [0.717, 1.165) is 31.0 Å². The number of carbonyl (C=O) groups is 1. The molecule has 3 aromatic rings. The van der Waals surface area contributed by atoms with Crippen LogP contribution in [0.5, 0.6) is 5.75 Å². The summed E-state index contributed by atoms with van der Waals surface area (Å²) >= 11 is 5.99. The smallest absolute Gasteiger partial charge is 0.255 e. The van der Waals surface area contributed by atoms with E-state index in [1.54, 1.807) is 31.2 Å². The minimum absolute atomic E-state index is 0.0836. The van der Waals surface area contributed by atoms with Gasteiger partial charge in [-0.2, -0.15) is 0 Å². The second-order valence-corrected chi connectivity index (χ2v) is 9.80. The van der Waals surface area contributed by atoms with Crippen LogP contribution in [0.3, 0.4) is 0 Å². The van der Waals surface area contributed by atoms with Crippen molar-refractivity contribution in [2.45, 2.75) is 25.4 Å². The van der Waals surface area contributed by atoms with Crippen LogP contribution in [-0.4, -0.2) is 47.9 Å². The van der Waals surface area contributed by atoms with E-state index in [2.05, 4.69) is 27.9 Å². The molecular formula is C28H32ClN3O3. The first-order valence-corrected chi connectivity index (χ1v) is 12.3. The van der Waals surface area contributed by atoms with E-state index in [1.807, 2.05) is 42.5 Å². The summed E-state index contributed by atoms with van der Waals surface area (Å²) < 4.78 is 5.93. The van der Waals surface area contributed by atoms with Crippen LogP contribution in [0.2, 0.25) is 5.02 Å². The Kier molecular flexibility index (Phi) is 8.42. The predicted molar refractivity (Wildman–Crippen MR) is 140 cm³/mol. The van der Waals surface area contributed by atoms with Crippen molar-refractivity contribution in [3.63, 3.8) is 0 Å². The number of rotatable bonds is 10. The predicted octanol–water partition coefficient (Wildman–Crippen LogP) is 4.79. The zero-order valence-corrected chi connectivity index (χ0v) is 20.7. The molecular weight excluding hydrogens is 462 g/mol. The molecule has 3 N–H and O–H groups in total. The third kappa shape index (κ3) is 7.54. The molecule has 6 nitrogen and oxygen atoms in total. The van der Waals surface area contributed by atoms with E-state index in [0.29, 0.717) is 29.5 Å². The number of para-hydroxylation sites is 2. The van der Waals surface area contributed by atoms with Crippen molar-refractivity contribution in [1.82, 2.24) is 10.4 Å². The van der Waals surface area contributed by atoms with Crippen molar-refractivity contribution in [3.8, 4) is 5.75 Å².